The number of hydrogen-bond acceptors (Lipinski definition) is 4. The summed E-state index contributed by atoms with van der Waals surface area (Å²) in [6, 6.07) is 9.61. The summed E-state index contributed by atoms with van der Waals surface area (Å²) in [4.78, 5) is 12.3. The van der Waals surface area contributed by atoms with Crippen LogP contribution in [0.25, 0.3) is 0 Å². The number of carboxylic acid groups (broad SMARTS) is 1. The Bertz CT molecular complexity index is 607. The van der Waals surface area contributed by atoms with E-state index in [1.165, 1.54) is 11.3 Å². The standard InChI is InChI=1S/C15H17NO3S/c1-10-12(7-14(20-10)15(17)18)9-16-8-11-4-3-5-13(6-11)19-2/h3-7,16H,8-9H2,1-2H3,(H,17,18). The minimum absolute atomic E-state index is 0.390. The number of methoxy groups -OCH3 is 1. The SMILES string of the molecule is COc1cccc(CNCc2cc(C(=O)O)sc2C)c1. The molecule has 0 spiro atoms. The molecular formula is C15H17NO3S. The number of hydrogen-bond donors (Lipinski definition) is 2. The van der Waals surface area contributed by atoms with Crippen molar-refractivity contribution < 1.29 is 14.6 Å². The minimum atomic E-state index is -0.864. The average molecular weight is 291 g/mol. The van der Waals surface area contributed by atoms with Crippen molar-refractivity contribution in [3.63, 3.8) is 0 Å². The van der Waals surface area contributed by atoms with E-state index in [0.717, 1.165) is 28.3 Å². The molecule has 0 aliphatic rings. The fourth-order valence-electron chi connectivity index (χ4n) is 1.92. The van der Waals surface area contributed by atoms with Gasteiger partial charge in [0.05, 0.1) is 7.11 Å². The van der Waals surface area contributed by atoms with E-state index >= 15 is 0 Å². The highest BCUT2D eigenvalue weighted by Crippen LogP contribution is 2.21. The first kappa shape index (κ1) is 14.6. The van der Waals surface area contributed by atoms with Crippen LogP contribution in [0.1, 0.15) is 25.7 Å². The van der Waals surface area contributed by atoms with Crippen molar-refractivity contribution in [2.24, 2.45) is 0 Å². The smallest absolute Gasteiger partial charge is 0.345 e. The molecule has 0 bridgehead atoms. The Kier molecular flexibility index (Phi) is 4.76. The second-order valence-corrected chi connectivity index (χ2v) is 5.71. The molecule has 0 radical (unpaired) electrons. The normalized spacial score (nSPS) is 10.5. The summed E-state index contributed by atoms with van der Waals surface area (Å²) in [7, 11) is 1.65. The van der Waals surface area contributed by atoms with E-state index in [1.54, 1.807) is 13.2 Å². The molecule has 2 N–H and O–H groups in total. The van der Waals surface area contributed by atoms with Gasteiger partial charge in [-0.25, -0.2) is 4.79 Å². The second-order valence-electron chi connectivity index (χ2n) is 4.45. The van der Waals surface area contributed by atoms with Crippen molar-refractivity contribution in [1.29, 1.82) is 0 Å². The van der Waals surface area contributed by atoms with Gasteiger partial charge in [0.15, 0.2) is 0 Å². The number of ether oxygens (including phenoxy) is 1. The molecule has 0 amide bonds. The third-order valence-corrected chi connectivity index (χ3v) is 4.09. The van der Waals surface area contributed by atoms with Crippen molar-refractivity contribution in [3.05, 3.63) is 51.2 Å². The molecule has 2 aromatic rings. The zero-order valence-electron chi connectivity index (χ0n) is 11.5. The number of nitrogens with one attached hydrogen (secondary N) is 1. The molecule has 0 aliphatic heterocycles. The van der Waals surface area contributed by atoms with Crippen LogP contribution in [0.2, 0.25) is 0 Å². The zero-order chi connectivity index (χ0) is 14.5. The Morgan fingerprint density at radius 2 is 2.15 bits per heavy atom. The Morgan fingerprint density at radius 3 is 2.80 bits per heavy atom. The van der Waals surface area contributed by atoms with E-state index < -0.39 is 5.97 Å². The average Bonchev–Trinajstić information content (AvgIpc) is 2.81. The first-order valence-corrected chi connectivity index (χ1v) is 7.08. The highest BCUT2D eigenvalue weighted by atomic mass is 32.1. The topological polar surface area (TPSA) is 58.6 Å². The van der Waals surface area contributed by atoms with Crippen LogP contribution in [0.3, 0.4) is 0 Å². The number of aromatic carboxylic acids is 1. The van der Waals surface area contributed by atoms with Gasteiger partial charge in [-0.3, -0.25) is 0 Å². The maximum atomic E-state index is 10.9. The lowest BCUT2D eigenvalue weighted by Crippen LogP contribution is -2.12. The lowest BCUT2D eigenvalue weighted by molar-refractivity contribution is 0.0702. The Morgan fingerprint density at radius 1 is 1.35 bits per heavy atom. The van der Waals surface area contributed by atoms with Crippen LogP contribution in [-0.4, -0.2) is 18.2 Å². The van der Waals surface area contributed by atoms with Gasteiger partial charge >= 0.3 is 5.97 Å². The number of aryl methyl sites for hydroxylation is 1. The number of carboxylic acids is 1. The highest BCUT2D eigenvalue weighted by Gasteiger charge is 2.10. The minimum Gasteiger partial charge on any atom is -0.497 e. The Hall–Kier alpha value is -1.85. The number of benzene rings is 1. The first-order valence-electron chi connectivity index (χ1n) is 6.26. The molecule has 0 saturated carbocycles. The van der Waals surface area contributed by atoms with Crippen LogP contribution in [0.4, 0.5) is 0 Å². The van der Waals surface area contributed by atoms with Gasteiger partial charge in [0.1, 0.15) is 10.6 Å². The van der Waals surface area contributed by atoms with Crippen molar-refractivity contribution in [2.45, 2.75) is 20.0 Å². The molecule has 0 fully saturated rings. The maximum absolute atomic E-state index is 10.9. The van der Waals surface area contributed by atoms with Crippen molar-refractivity contribution in [3.8, 4) is 5.75 Å². The molecule has 5 heteroatoms. The predicted molar refractivity (Wildman–Crippen MR) is 79.6 cm³/mol. The van der Waals surface area contributed by atoms with Crippen LogP contribution in [0, 0.1) is 6.92 Å². The number of thiophene rings is 1. The van der Waals surface area contributed by atoms with E-state index in [9.17, 15) is 4.79 Å². The fourth-order valence-corrected chi connectivity index (χ4v) is 2.81. The third-order valence-electron chi connectivity index (χ3n) is 3.01. The van der Waals surface area contributed by atoms with Gasteiger partial charge in [-0.05, 0) is 36.2 Å². The molecule has 4 nitrogen and oxygen atoms in total. The summed E-state index contributed by atoms with van der Waals surface area (Å²) in [5.74, 6) is -0.0266. The summed E-state index contributed by atoms with van der Waals surface area (Å²) in [6.45, 7) is 3.32. The van der Waals surface area contributed by atoms with Gasteiger partial charge in [-0.2, -0.15) is 0 Å². The van der Waals surface area contributed by atoms with Crippen LogP contribution < -0.4 is 10.1 Å². The van der Waals surface area contributed by atoms with Crippen molar-refractivity contribution in [2.75, 3.05) is 7.11 Å². The molecule has 2 rings (SSSR count). The Labute approximate surface area is 122 Å². The molecule has 106 valence electrons. The summed E-state index contributed by atoms with van der Waals surface area (Å²) >= 11 is 1.32. The third kappa shape index (κ3) is 3.59. The molecule has 1 heterocycles. The zero-order valence-corrected chi connectivity index (χ0v) is 12.3. The molecule has 20 heavy (non-hydrogen) atoms. The predicted octanol–water partition coefficient (Wildman–Crippen LogP) is 3.05. The number of carbonyl (C=O) groups is 1. The number of rotatable bonds is 6. The van der Waals surface area contributed by atoms with Crippen LogP contribution in [0.5, 0.6) is 5.75 Å². The van der Waals surface area contributed by atoms with Crippen LogP contribution >= 0.6 is 11.3 Å². The van der Waals surface area contributed by atoms with Gasteiger partial charge in [0.25, 0.3) is 0 Å². The van der Waals surface area contributed by atoms with Crippen LogP contribution in [-0.2, 0) is 13.1 Å². The fraction of sp³-hybridized carbons (Fsp3) is 0.267. The van der Waals surface area contributed by atoms with Gasteiger partial charge in [0.2, 0.25) is 0 Å². The van der Waals surface area contributed by atoms with E-state index in [4.69, 9.17) is 9.84 Å². The molecule has 0 atom stereocenters. The Balaban J connectivity index is 1.94. The van der Waals surface area contributed by atoms with Gasteiger partial charge < -0.3 is 15.2 Å². The second kappa shape index (κ2) is 6.54. The quantitative estimate of drug-likeness (QED) is 0.859. The lowest BCUT2D eigenvalue weighted by atomic mass is 10.2. The molecule has 0 unspecified atom stereocenters. The van der Waals surface area contributed by atoms with E-state index in [-0.39, 0.29) is 0 Å². The summed E-state index contributed by atoms with van der Waals surface area (Å²) in [6.07, 6.45) is 0. The van der Waals surface area contributed by atoms with Crippen LogP contribution in [0.15, 0.2) is 30.3 Å². The molecule has 1 aromatic heterocycles. The summed E-state index contributed by atoms with van der Waals surface area (Å²) in [5.41, 5.74) is 2.17. The van der Waals surface area contributed by atoms with Gasteiger partial charge in [-0.1, -0.05) is 12.1 Å². The van der Waals surface area contributed by atoms with E-state index in [2.05, 4.69) is 5.32 Å². The molecular weight excluding hydrogens is 274 g/mol. The van der Waals surface area contributed by atoms with Gasteiger partial charge in [-0.15, -0.1) is 11.3 Å². The first-order chi connectivity index (χ1) is 9.60. The largest absolute Gasteiger partial charge is 0.497 e. The summed E-state index contributed by atoms with van der Waals surface area (Å²) in [5, 5.41) is 12.3. The van der Waals surface area contributed by atoms with E-state index in [0.29, 0.717) is 11.4 Å². The van der Waals surface area contributed by atoms with E-state index in [1.807, 2.05) is 31.2 Å². The highest BCUT2D eigenvalue weighted by molar-refractivity contribution is 7.14. The van der Waals surface area contributed by atoms with Crippen molar-refractivity contribution in [1.82, 2.24) is 5.32 Å². The monoisotopic (exact) mass is 291 g/mol. The van der Waals surface area contributed by atoms with Gasteiger partial charge in [0, 0.05) is 18.0 Å². The molecule has 1 aromatic carbocycles. The summed E-state index contributed by atoms with van der Waals surface area (Å²) < 4.78 is 5.18. The maximum Gasteiger partial charge on any atom is 0.345 e. The lowest BCUT2D eigenvalue weighted by Gasteiger charge is -2.06. The molecule has 0 aliphatic carbocycles. The molecule has 0 saturated heterocycles. The van der Waals surface area contributed by atoms with Crippen molar-refractivity contribution >= 4 is 17.3 Å².